The normalized spacial score (nSPS) is 20.0. The summed E-state index contributed by atoms with van der Waals surface area (Å²) in [6.07, 6.45) is 9.64. The molecule has 0 aromatic carbocycles. The van der Waals surface area contributed by atoms with Crippen molar-refractivity contribution >= 4 is 0 Å². The van der Waals surface area contributed by atoms with Crippen LogP contribution in [-0.2, 0) is 0 Å². The number of nitrogens with zero attached hydrogens (tertiary/aromatic N) is 2. The lowest BCUT2D eigenvalue weighted by atomic mass is 10.0. The van der Waals surface area contributed by atoms with Crippen LogP contribution in [-0.4, -0.2) is 6.04 Å². The van der Waals surface area contributed by atoms with Gasteiger partial charge < -0.3 is 0 Å². The molecule has 1 rings (SSSR count). The van der Waals surface area contributed by atoms with E-state index in [4.69, 9.17) is 0 Å². The Morgan fingerprint density at radius 3 is 2.80 bits per heavy atom. The van der Waals surface area contributed by atoms with Gasteiger partial charge in [0.2, 0.25) is 0 Å². The van der Waals surface area contributed by atoms with Crippen LogP contribution in [0.4, 0.5) is 0 Å². The van der Waals surface area contributed by atoms with Gasteiger partial charge in [-0.05, 0) is 31.3 Å². The summed E-state index contributed by atoms with van der Waals surface area (Å²) in [5, 5.41) is 8.49. The van der Waals surface area contributed by atoms with E-state index < -0.39 is 0 Å². The maximum Gasteiger partial charge on any atom is 0.0913 e. The van der Waals surface area contributed by atoms with E-state index in [0.717, 1.165) is 18.8 Å². The summed E-state index contributed by atoms with van der Waals surface area (Å²) in [5.74, 6) is 0.831. The van der Waals surface area contributed by atoms with E-state index >= 15 is 0 Å². The monoisotopic (exact) mass is 208 g/mol. The molecule has 1 atom stereocenters. The van der Waals surface area contributed by atoms with Gasteiger partial charge in [-0.1, -0.05) is 40.0 Å². The number of azo groups is 1. The fourth-order valence-corrected chi connectivity index (χ4v) is 1.87. The fraction of sp³-hybridized carbons (Fsp3) is 0.846. The van der Waals surface area contributed by atoms with Crippen LogP contribution in [0.25, 0.3) is 0 Å². The zero-order valence-electron chi connectivity index (χ0n) is 10.4. The molecule has 15 heavy (non-hydrogen) atoms. The molecule has 0 spiro atoms. The third kappa shape index (κ3) is 5.10. The van der Waals surface area contributed by atoms with Gasteiger partial charge in [-0.25, -0.2) is 0 Å². The molecule has 0 radical (unpaired) electrons. The first-order chi connectivity index (χ1) is 7.22. The molecule has 0 fully saturated rings. The van der Waals surface area contributed by atoms with Gasteiger partial charge in [-0.2, -0.15) is 10.2 Å². The minimum absolute atomic E-state index is 0.384. The zero-order valence-corrected chi connectivity index (χ0v) is 10.4. The third-order valence-electron chi connectivity index (χ3n) is 2.77. The Balaban J connectivity index is 2.12. The lowest BCUT2D eigenvalue weighted by molar-refractivity contribution is 0.537. The van der Waals surface area contributed by atoms with Crippen LogP contribution in [0.2, 0.25) is 0 Å². The van der Waals surface area contributed by atoms with Crippen molar-refractivity contribution in [1.29, 1.82) is 0 Å². The number of unbranched alkanes of at least 4 members (excludes halogenated alkanes) is 1. The molecule has 0 aromatic rings. The molecule has 2 heteroatoms. The predicted molar refractivity (Wildman–Crippen MR) is 64.9 cm³/mol. The largest absolute Gasteiger partial charge is 0.181 e. The summed E-state index contributed by atoms with van der Waals surface area (Å²) in [6, 6.07) is 0.384. The highest BCUT2D eigenvalue weighted by Crippen LogP contribution is 2.21. The van der Waals surface area contributed by atoms with Crippen LogP contribution in [0.15, 0.2) is 22.0 Å². The summed E-state index contributed by atoms with van der Waals surface area (Å²) < 4.78 is 0. The topological polar surface area (TPSA) is 24.7 Å². The van der Waals surface area contributed by atoms with Crippen molar-refractivity contribution in [3.8, 4) is 0 Å². The summed E-state index contributed by atoms with van der Waals surface area (Å²) >= 11 is 0. The molecule has 0 bridgehead atoms. The molecule has 0 amide bonds. The molecule has 2 nitrogen and oxygen atoms in total. The van der Waals surface area contributed by atoms with Crippen LogP contribution in [0.3, 0.4) is 0 Å². The highest BCUT2D eigenvalue weighted by molar-refractivity contribution is 5.09. The van der Waals surface area contributed by atoms with E-state index in [1.165, 1.54) is 31.4 Å². The molecule has 1 aliphatic heterocycles. The van der Waals surface area contributed by atoms with Crippen molar-refractivity contribution in [2.24, 2.45) is 16.1 Å². The number of allylic oxidation sites excluding steroid dienone is 1. The Labute approximate surface area is 93.9 Å². The van der Waals surface area contributed by atoms with Gasteiger partial charge in [0.15, 0.2) is 0 Å². The summed E-state index contributed by atoms with van der Waals surface area (Å²) in [4.78, 5) is 0. The maximum atomic E-state index is 4.25. The first-order valence-corrected chi connectivity index (χ1v) is 6.34. The van der Waals surface area contributed by atoms with E-state index in [0.29, 0.717) is 6.04 Å². The molecular weight excluding hydrogens is 184 g/mol. The van der Waals surface area contributed by atoms with E-state index in [1.807, 2.05) is 0 Å². The SMILES string of the molecule is CCCC1C=C(CCCCC(C)C)N=N1. The van der Waals surface area contributed by atoms with E-state index in [9.17, 15) is 0 Å². The lowest BCUT2D eigenvalue weighted by Crippen LogP contribution is -1.94. The third-order valence-corrected chi connectivity index (χ3v) is 2.77. The van der Waals surface area contributed by atoms with Gasteiger partial charge in [0.25, 0.3) is 0 Å². The molecule has 1 aliphatic rings. The van der Waals surface area contributed by atoms with Crippen molar-refractivity contribution in [1.82, 2.24) is 0 Å². The predicted octanol–water partition coefficient (Wildman–Crippen LogP) is 4.72. The quantitative estimate of drug-likeness (QED) is 0.541. The second-order valence-corrected chi connectivity index (χ2v) is 4.87. The van der Waals surface area contributed by atoms with Gasteiger partial charge in [-0.3, -0.25) is 0 Å². The molecule has 0 aliphatic carbocycles. The Hall–Kier alpha value is -0.660. The molecule has 0 saturated carbocycles. The van der Waals surface area contributed by atoms with Gasteiger partial charge in [0.1, 0.15) is 0 Å². The maximum absolute atomic E-state index is 4.25. The highest BCUT2D eigenvalue weighted by atomic mass is 15.1. The Morgan fingerprint density at radius 2 is 2.13 bits per heavy atom. The van der Waals surface area contributed by atoms with E-state index in [2.05, 4.69) is 37.1 Å². The van der Waals surface area contributed by atoms with E-state index in [-0.39, 0.29) is 0 Å². The first kappa shape index (κ1) is 12.4. The van der Waals surface area contributed by atoms with Gasteiger partial charge in [-0.15, -0.1) is 0 Å². The average Bonchev–Trinajstić information content (AvgIpc) is 2.61. The fourth-order valence-electron chi connectivity index (χ4n) is 1.87. The summed E-state index contributed by atoms with van der Waals surface area (Å²) in [6.45, 7) is 6.77. The van der Waals surface area contributed by atoms with Crippen LogP contribution in [0, 0.1) is 5.92 Å². The molecule has 1 unspecified atom stereocenters. The Morgan fingerprint density at radius 1 is 1.33 bits per heavy atom. The molecule has 0 N–H and O–H groups in total. The lowest BCUT2D eigenvalue weighted by Gasteiger charge is -2.03. The molecular formula is C13H24N2. The number of rotatable bonds is 7. The minimum Gasteiger partial charge on any atom is -0.181 e. The highest BCUT2D eigenvalue weighted by Gasteiger charge is 2.10. The minimum atomic E-state index is 0.384. The molecule has 0 saturated heterocycles. The van der Waals surface area contributed by atoms with Crippen molar-refractivity contribution in [2.45, 2.75) is 65.3 Å². The van der Waals surface area contributed by atoms with E-state index in [1.54, 1.807) is 0 Å². The number of hydrogen-bond donors (Lipinski definition) is 0. The summed E-state index contributed by atoms with van der Waals surface area (Å²) in [5.41, 5.74) is 1.22. The Kier molecular flexibility index (Phi) is 5.59. The Bertz CT molecular complexity index is 229. The van der Waals surface area contributed by atoms with Crippen LogP contribution in [0.5, 0.6) is 0 Å². The van der Waals surface area contributed by atoms with Crippen LogP contribution >= 0.6 is 0 Å². The smallest absolute Gasteiger partial charge is 0.0913 e. The summed E-state index contributed by atoms with van der Waals surface area (Å²) in [7, 11) is 0. The van der Waals surface area contributed by atoms with Crippen molar-refractivity contribution < 1.29 is 0 Å². The molecule has 86 valence electrons. The van der Waals surface area contributed by atoms with Gasteiger partial charge >= 0.3 is 0 Å². The standard InChI is InChI=1S/C13H24N2/c1-4-7-12-10-13(15-14-12)9-6-5-8-11(2)3/h10-12H,4-9H2,1-3H3. The molecule has 1 heterocycles. The number of hydrogen-bond acceptors (Lipinski definition) is 2. The molecule has 0 aromatic heterocycles. The second-order valence-electron chi connectivity index (χ2n) is 4.87. The van der Waals surface area contributed by atoms with Gasteiger partial charge in [0.05, 0.1) is 11.7 Å². The van der Waals surface area contributed by atoms with Crippen molar-refractivity contribution in [2.75, 3.05) is 0 Å². The first-order valence-electron chi connectivity index (χ1n) is 6.34. The van der Waals surface area contributed by atoms with Crippen LogP contribution in [0.1, 0.15) is 59.3 Å². The van der Waals surface area contributed by atoms with Crippen molar-refractivity contribution in [3.63, 3.8) is 0 Å². The average molecular weight is 208 g/mol. The zero-order chi connectivity index (χ0) is 11.1. The second kappa shape index (κ2) is 6.76. The van der Waals surface area contributed by atoms with Crippen LogP contribution < -0.4 is 0 Å². The van der Waals surface area contributed by atoms with Crippen molar-refractivity contribution in [3.05, 3.63) is 11.8 Å². The van der Waals surface area contributed by atoms with Gasteiger partial charge in [0, 0.05) is 0 Å².